The van der Waals surface area contributed by atoms with Crippen molar-refractivity contribution in [3.63, 3.8) is 0 Å². The van der Waals surface area contributed by atoms with Gasteiger partial charge in [-0.15, -0.1) is 0 Å². The van der Waals surface area contributed by atoms with Crippen molar-refractivity contribution in [2.24, 2.45) is 0 Å². The van der Waals surface area contributed by atoms with Crippen LogP contribution in [0.3, 0.4) is 0 Å². The third-order valence-corrected chi connectivity index (χ3v) is 5.25. The van der Waals surface area contributed by atoms with Crippen LogP contribution < -0.4 is 4.57 Å². The quantitative estimate of drug-likeness (QED) is 0.262. The van der Waals surface area contributed by atoms with Gasteiger partial charge in [-0.25, -0.2) is 0 Å². The van der Waals surface area contributed by atoms with Crippen LogP contribution in [0.2, 0.25) is 0 Å². The van der Waals surface area contributed by atoms with Gasteiger partial charge in [-0.05, 0) is 19.3 Å². The standard InChI is InChI=1S/C22H40N/c1-4-7-10-14-19-22(17-12-8-5-2,18-13-9-6-3)23-20-15-11-16-21-23/h11,15-16,20-21H,4-10,12-14,17-19H2,1-3H3/q+1. The summed E-state index contributed by atoms with van der Waals surface area (Å²) in [5.74, 6) is 0. The molecule has 132 valence electrons. The summed E-state index contributed by atoms with van der Waals surface area (Å²) in [5.41, 5.74) is 0.360. The Balaban J connectivity index is 2.85. The highest BCUT2D eigenvalue weighted by Gasteiger charge is 2.37. The molecular weight excluding hydrogens is 278 g/mol. The van der Waals surface area contributed by atoms with E-state index < -0.39 is 0 Å². The maximum atomic E-state index is 2.56. The van der Waals surface area contributed by atoms with Crippen LogP contribution in [-0.2, 0) is 5.54 Å². The number of nitrogens with zero attached hydrogens (tertiary/aromatic N) is 1. The zero-order valence-corrected chi connectivity index (χ0v) is 16.0. The molecule has 0 unspecified atom stereocenters. The van der Waals surface area contributed by atoms with Crippen molar-refractivity contribution in [2.45, 2.75) is 110 Å². The summed E-state index contributed by atoms with van der Waals surface area (Å²) in [6.45, 7) is 6.94. The SMILES string of the molecule is CCCCCCC(CCCCC)(CCCCC)[n+]1ccccc1. The second kappa shape index (κ2) is 12.6. The molecule has 0 spiro atoms. The van der Waals surface area contributed by atoms with E-state index in [1.54, 1.807) is 0 Å². The third-order valence-electron chi connectivity index (χ3n) is 5.25. The smallest absolute Gasteiger partial charge is 0.169 e. The fourth-order valence-corrected chi connectivity index (χ4v) is 3.77. The lowest BCUT2D eigenvalue weighted by atomic mass is 9.81. The van der Waals surface area contributed by atoms with Gasteiger partial charge in [-0.3, -0.25) is 0 Å². The molecule has 0 radical (unpaired) electrons. The van der Waals surface area contributed by atoms with Gasteiger partial charge < -0.3 is 0 Å². The Kier molecular flexibility index (Phi) is 11.0. The van der Waals surface area contributed by atoms with Crippen LogP contribution in [0.4, 0.5) is 0 Å². The molecule has 0 N–H and O–H groups in total. The molecule has 23 heavy (non-hydrogen) atoms. The van der Waals surface area contributed by atoms with E-state index in [0.717, 1.165) is 0 Å². The first-order chi connectivity index (χ1) is 11.3. The Labute approximate surface area is 145 Å². The Bertz CT molecular complexity index is 361. The lowest BCUT2D eigenvalue weighted by Gasteiger charge is -2.29. The largest absolute Gasteiger partial charge is 0.200 e. The minimum Gasteiger partial charge on any atom is -0.200 e. The molecule has 0 aromatic carbocycles. The van der Waals surface area contributed by atoms with Crippen molar-refractivity contribution in [3.05, 3.63) is 30.6 Å². The molecule has 1 nitrogen and oxygen atoms in total. The highest BCUT2D eigenvalue weighted by Crippen LogP contribution is 2.31. The average Bonchev–Trinajstić information content (AvgIpc) is 2.59. The number of unbranched alkanes of at least 4 members (excludes halogenated alkanes) is 7. The molecule has 1 heterocycles. The van der Waals surface area contributed by atoms with Gasteiger partial charge in [0.25, 0.3) is 0 Å². The zero-order chi connectivity index (χ0) is 16.8. The van der Waals surface area contributed by atoms with E-state index in [1.807, 2.05) is 0 Å². The van der Waals surface area contributed by atoms with Gasteiger partial charge in [0.15, 0.2) is 17.9 Å². The highest BCUT2D eigenvalue weighted by molar-refractivity contribution is 4.86. The molecule has 0 saturated heterocycles. The Morgan fingerprint density at radius 1 is 0.565 bits per heavy atom. The summed E-state index contributed by atoms with van der Waals surface area (Å²) in [7, 11) is 0. The highest BCUT2D eigenvalue weighted by atomic mass is 15.0. The topological polar surface area (TPSA) is 3.88 Å². The van der Waals surface area contributed by atoms with E-state index in [9.17, 15) is 0 Å². The number of hydrogen-bond acceptors (Lipinski definition) is 0. The van der Waals surface area contributed by atoms with E-state index in [0.29, 0.717) is 5.54 Å². The molecule has 0 fully saturated rings. The predicted octanol–water partition coefficient (Wildman–Crippen LogP) is 6.80. The maximum Gasteiger partial charge on any atom is 0.169 e. The van der Waals surface area contributed by atoms with Crippen molar-refractivity contribution in [1.82, 2.24) is 0 Å². The molecular formula is C22H40N+. The molecule has 0 bridgehead atoms. The van der Waals surface area contributed by atoms with E-state index in [1.165, 1.54) is 83.5 Å². The van der Waals surface area contributed by atoms with Gasteiger partial charge in [0, 0.05) is 31.4 Å². The van der Waals surface area contributed by atoms with Crippen molar-refractivity contribution < 1.29 is 4.57 Å². The number of pyridine rings is 1. The normalized spacial score (nSPS) is 11.8. The molecule has 0 aliphatic carbocycles. The van der Waals surface area contributed by atoms with Crippen molar-refractivity contribution >= 4 is 0 Å². The average molecular weight is 319 g/mol. The van der Waals surface area contributed by atoms with Crippen LogP contribution in [0.15, 0.2) is 30.6 Å². The molecule has 0 aliphatic rings. The number of aromatic nitrogens is 1. The van der Waals surface area contributed by atoms with E-state index in [2.05, 4.69) is 55.9 Å². The molecule has 1 heteroatoms. The minimum absolute atomic E-state index is 0.360. The first-order valence-corrected chi connectivity index (χ1v) is 10.3. The van der Waals surface area contributed by atoms with Gasteiger partial charge in [0.2, 0.25) is 0 Å². The fourth-order valence-electron chi connectivity index (χ4n) is 3.77. The predicted molar refractivity (Wildman–Crippen MR) is 102 cm³/mol. The lowest BCUT2D eigenvalue weighted by Crippen LogP contribution is -2.55. The summed E-state index contributed by atoms with van der Waals surface area (Å²) >= 11 is 0. The van der Waals surface area contributed by atoms with E-state index in [4.69, 9.17) is 0 Å². The maximum absolute atomic E-state index is 2.56. The van der Waals surface area contributed by atoms with Crippen LogP contribution in [-0.4, -0.2) is 0 Å². The molecule has 0 atom stereocenters. The lowest BCUT2D eigenvalue weighted by molar-refractivity contribution is -0.768. The molecule has 1 aromatic heterocycles. The summed E-state index contributed by atoms with van der Waals surface area (Å²) in [5, 5.41) is 0. The second-order valence-electron chi connectivity index (χ2n) is 7.23. The van der Waals surface area contributed by atoms with Crippen LogP contribution in [0.1, 0.15) is 104 Å². The summed E-state index contributed by atoms with van der Waals surface area (Å²) < 4.78 is 2.56. The van der Waals surface area contributed by atoms with Crippen molar-refractivity contribution in [1.29, 1.82) is 0 Å². The Hall–Kier alpha value is -0.850. The fraction of sp³-hybridized carbons (Fsp3) is 0.773. The van der Waals surface area contributed by atoms with Gasteiger partial charge in [-0.1, -0.05) is 71.8 Å². The Morgan fingerprint density at radius 2 is 1.00 bits per heavy atom. The molecule has 0 amide bonds. The van der Waals surface area contributed by atoms with E-state index >= 15 is 0 Å². The van der Waals surface area contributed by atoms with Crippen molar-refractivity contribution in [3.8, 4) is 0 Å². The minimum atomic E-state index is 0.360. The number of hydrogen-bond donors (Lipinski definition) is 0. The first kappa shape index (κ1) is 20.2. The zero-order valence-electron chi connectivity index (χ0n) is 16.0. The molecule has 1 aromatic rings. The van der Waals surface area contributed by atoms with Gasteiger partial charge in [0.05, 0.1) is 0 Å². The van der Waals surface area contributed by atoms with Crippen molar-refractivity contribution in [2.75, 3.05) is 0 Å². The monoisotopic (exact) mass is 318 g/mol. The van der Waals surface area contributed by atoms with E-state index in [-0.39, 0.29) is 0 Å². The van der Waals surface area contributed by atoms with Gasteiger partial charge in [-0.2, -0.15) is 4.57 Å². The van der Waals surface area contributed by atoms with Crippen LogP contribution in [0.25, 0.3) is 0 Å². The first-order valence-electron chi connectivity index (χ1n) is 10.3. The van der Waals surface area contributed by atoms with Crippen LogP contribution in [0.5, 0.6) is 0 Å². The summed E-state index contributed by atoms with van der Waals surface area (Å²) in [6.07, 6.45) is 22.3. The molecule has 0 aliphatic heterocycles. The second-order valence-corrected chi connectivity index (χ2v) is 7.23. The van der Waals surface area contributed by atoms with Crippen LogP contribution >= 0.6 is 0 Å². The van der Waals surface area contributed by atoms with Gasteiger partial charge >= 0.3 is 0 Å². The Morgan fingerprint density at radius 3 is 1.48 bits per heavy atom. The van der Waals surface area contributed by atoms with Crippen LogP contribution in [0, 0.1) is 0 Å². The molecule has 0 saturated carbocycles. The van der Waals surface area contributed by atoms with Gasteiger partial charge in [0.1, 0.15) is 0 Å². The number of rotatable bonds is 14. The molecule has 1 rings (SSSR count). The summed E-state index contributed by atoms with van der Waals surface area (Å²) in [4.78, 5) is 0. The third kappa shape index (κ3) is 7.50. The summed E-state index contributed by atoms with van der Waals surface area (Å²) in [6, 6.07) is 6.57.